The summed E-state index contributed by atoms with van der Waals surface area (Å²) in [4.78, 5) is 13.6. The Morgan fingerprint density at radius 3 is 2.55 bits per heavy atom. The zero-order chi connectivity index (χ0) is 15.3. The van der Waals surface area contributed by atoms with Crippen molar-refractivity contribution in [3.63, 3.8) is 0 Å². The smallest absolute Gasteiger partial charge is 0.159 e. The van der Waals surface area contributed by atoms with Crippen molar-refractivity contribution in [3.8, 4) is 5.75 Å². The van der Waals surface area contributed by atoms with E-state index in [2.05, 4.69) is 4.90 Å². The first-order chi connectivity index (χ1) is 9.31. The Balaban J connectivity index is 3.06. The highest BCUT2D eigenvalue weighted by molar-refractivity contribution is 5.94. The molecular formula is C16H25NO3. The number of rotatable bonds is 7. The molecule has 0 bridgehead atoms. The number of benzene rings is 1. The van der Waals surface area contributed by atoms with Gasteiger partial charge in [0.05, 0.1) is 13.2 Å². The monoisotopic (exact) mass is 279 g/mol. The van der Waals surface area contributed by atoms with Crippen LogP contribution in [0.4, 0.5) is 0 Å². The Hall–Kier alpha value is -1.39. The van der Waals surface area contributed by atoms with Crippen molar-refractivity contribution in [2.75, 3.05) is 20.3 Å². The molecule has 20 heavy (non-hydrogen) atoms. The van der Waals surface area contributed by atoms with Gasteiger partial charge in [0, 0.05) is 23.2 Å². The van der Waals surface area contributed by atoms with Gasteiger partial charge < -0.3 is 9.84 Å². The van der Waals surface area contributed by atoms with Crippen molar-refractivity contribution in [1.29, 1.82) is 0 Å². The standard InChI is InChI=1S/C16H25NO3/c1-6-20-15-8-7-13(12(2)19)9-14(15)10-17(5)16(3,4)11-18/h7-9,18H,6,10-11H2,1-5H3. The van der Waals surface area contributed by atoms with Crippen LogP contribution in [0.3, 0.4) is 0 Å². The molecule has 0 unspecified atom stereocenters. The second-order valence-electron chi connectivity index (χ2n) is 5.64. The summed E-state index contributed by atoms with van der Waals surface area (Å²) in [5.74, 6) is 0.830. The lowest BCUT2D eigenvalue weighted by atomic mass is 10.0. The molecule has 0 aromatic heterocycles. The summed E-state index contributed by atoms with van der Waals surface area (Å²) in [6.45, 7) is 8.71. The van der Waals surface area contributed by atoms with E-state index in [1.54, 1.807) is 13.0 Å². The lowest BCUT2D eigenvalue weighted by molar-refractivity contribution is 0.0726. The van der Waals surface area contributed by atoms with Crippen molar-refractivity contribution in [1.82, 2.24) is 4.90 Å². The quantitative estimate of drug-likeness (QED) is 0.779. The normalized spacial score (nSPS) is 11.8. The van der Waals surface area contributed by atoms with E-state index in [1.807, 2.05) is 40.0 Å². The number of carbonyl (C=O) groups is 1. The predicted molar refractivity (Wildman–Crippen MR) is 80.2 cm³/mol. The summed E-state index contributed by atoms with van der Waals surface area (Å²) < 4.78 is 5.62. The zero-order valence-electron chi connectivity index (χ0n) is 13.1. The molecule has 0 aliphatic heterocycles. The minimum absolute atomic E-state index is 0.0402. The highest BCUT2D eigenvalue weighted by Gasteiger charge is 2.23. The van der Waals surface area contributed by atoms with Gasteiger partial charge >= 0.3 is 0 Å². The van der Waals surface area contributed by atoms with Crippen LogP contribution in [0.5, 0.6) is 5.75 Å². The number of ketones is 1. The fourth-order valence-electron chi connectivity index (χ4n) is 1.81. The molecule has 0 saturated carbocycles. The summed E-state index contributed by atoms with van der Waals surface area (Å²) >= 11 is 0. The van der Waals surface area contributed by atoms with Crippen LogP contribution in [0.2, 0.25) is 0 Å². The summed E-state index contributed by atoms with van der Waals surface area (Å²) in [5.41, 5.74) is 1.32. The number of nitrogens with zero attached hydrogens (tertiary/aromatic N) is 1. The Bertz CT molecular complexity index is 469. The Morgan fingerprint density at radius 1 is 1.40 bits per heavy atom. The van der Waals surface area contributed by atoms with Crippen LogP contribution in [0.15, 0.2) is 18.2 Å². The maximum atomic E-state index is 11.5. The number of Topliss-reactive ketones (excluding diaryl/α,β-unsaturated/α-hetero) is 1. The fourth-order valence-corrected chi connectivity index (χ4v) is 1.81. The van der Waals surface area contributed by atoms with Crippen LogP contribution >= 0.6 is 0 Å². The second-order valence-corrected chi connectivity index (χ2v) is 5.64. The molecule has 0 fully saturated rings. The van der Waals surface area contributed by atoms with Gasteiger partial charge in [-0.05, 0) is 52.9 Å². The predicted octanol–water partition coefficient (Wildman–Crippen LogP) is 2.49. The van der Waals surface area contributed by atoms with Crippen molar-refractivity contribution < 1.29 is 14.6 Å². The number of carbonyl (C=O) groups excluding carboxylic acids is 1. The molecule has 0 radical (unpaired) electrons. The summed E-state index contributed by atoms with van der Waals surface area (Å²) in [5, 5.41) is 9.43. The number of likely N-dealkylation sites (N-methyl/N-ethyl adjacent to an activating group) is 1. The zero-order valence-corrected chi connectivity index (χ0v) is 13.1. The van der Waals surface area contributed by atoms with Gasteiger partial charge in [0.25, 0.3) is 0 Å². The van der Waals surface area contributed by atoms with Gasteiger partial charge in [-0.3, -0.25) is 9.69 Å². The molecule has 112 valence electrons. The number of ether oxygens (including phenoxy) is 1. The third kappa shape index (κ3) is 4.05. The molecule has 0 atom stereocenters. The average Bonchev–Trinajstić information content (AvgIpc) is 2.40. The molecule has 4 heteroatoms. The minimum Gasteiger partial charge on any atom is -0.494 e. The number of hydrogen-bond donors (Lipinski definition) is 1. The Morgan fingerprint density at radius 2 is 2.05 bits per heavy atom. The SMILES string of the molecule is CCOc1ccc(C(C)=O)cc1CN(C)C(C)(C)CO. The topological polar surface area (TPSA) is 49.8 Å². The molecule has 0 heterocycles. The molecule has 0 spiro atoms. The van der Waals surface area contributed by atoms with Gasteiger partial charge in [0.15, 0.2) is 5.78 Å². The molecule has 0 amide bonds. The molecule has 1 rings (SSSR count). The average molecular weight is 279 g/mol. The van der Waals surface area contributed by atoms with Gasteiger partial charge in [-0.15, -0.1) is 0 Å². The minimum atomic E-state index is -0.324. The van der Waals surface area contributed by atoms with E-state index in [1.165, 1.54) is 0 Å². The van der Waals surface area contributed by atoms with Crippen molar-refractivity contribution in [2.24, 2.45) is 0 Å². The highest BCUT2D eigenvalue weighted by Crippen LogP contribution is 2.24. The van der Waals surface area contributed by atoms with E-state index < -0.39 is 0 Å². The van der Waals surface area contributed by atoms with Gasteiger partial charge in [0.2, 0.25) is 0 Å². The van der Waals surface area contributed by atoms with Gasteiger partial charge in [-0.25, -0.2) is 0 Å². The van der Waals surface area contributed by atoms with Crippen LogP contribution < -0.4 is 4.74 Å². The molecule has 0 aliphatic rings. The maximum absolute atomic E-state index is 11.5. The maximum Gasteiger partial charge on any atom is 0.159 e. The molecule has 4 nitrogen and oxygen atoms in total. The molecule has 1 aromatic rings. The van der Waals surface area contributed by atoms with Crippen molar-refractivity contribution in [3.05, 3.63) is 29.3 Å². The number of aliphatic hydroxyl groups excluding tert-OH is 1. The van der Waals surface area contributed by atoms with E-state index >= 15 is 0 Å². The first kappa shape index (κ1) is 16.7. The number of hydrogen-bond acceptors (Lipinski definition) is 4. The van der Waals surface area contributed by atoms with Crippen LogP contribution in [0.1, 0.15) is 43.6 Å². The van der Waals surface area contributed by atoms with Gasteiger partial charge in [0.1, 0.15) is 5.75 Å². The second kappa shape index (κ2) is 6.86. The lowest BCUT2D eigenvalue weighted by Crippen LogP contribution is -2.43. The van der Waals surface area contributed by atoms with E-state index in [-0.39, 0.29) is 17.9 Å². The van der Waals surface area contributed by atoms with E-state index in [4.69, 9.17) is 4.74 Å². The molecule has 0 saturated heterocycles. The van der Waals surface area contributed by atoms with E-state index in [0.717, 1.165) is 11.3 Å². The molecule has 1 aromatic carbocycles. The first-order valence-corrected chi connectivity index (χ1v) is 6.90. The first-order valence-electron chi connectivity index (χ1n) is 6.90. The van der Waals surface area contributed by atoms with Crippen LogP contribution in [-0.4, -0.2) is 41.6 Å². The van der Waals surface area contributed by atoms with E-state index in [0.29, 0.717) is 18.7 Å². The van der Waals surface area contributed by atoms with Crippen molar-refractivity contribution in [2.45, 2.75) is 39.8 Å². The van der Waals surface area contributed by atoms with Gasteiger partial charge in [-0.1, -0.05) is 0 Å². The van der Waals surface area contributed by atoms with Crippen LogP contribution in [0, 0.1) is 0 Å². The lowest BCUT2D eigenvalue weighted by Gasteiger charge is -2.34. The highest BCUT2D eigenvalue weighted by atomic mass is 16.5. The fraction of sp³-hybridized carbons (Fsp3) is 0.562. The summed E-state index contributed by atoms with van der Waals surface area (Å²) in [6.07, 6.45) is 0. The van der Waals surface area contributed by atoms with Crippen molar-refractivity contribution >= 4 is 5.78 Å². The van der Waals surface area contributed by atoms with Crippen LogP contribution in [-0.2, 0) is 6.54 Å². The third-order valence-corrected chi connectivity index (χ3v) is 3.59. The Labute approximate surface area is 121 Å². The summed E-state index contributed by atoms with van der Waals surface area (Å²) in [6, 6.07) is 5.50. The Kier molecular flexibility index (Phi) is 5.72. The van der Waals surface area contributed by atoms with Crippen LogP contribution in [0.25, 0.3) is 0 Å². The molecular weight excluding hydrogens is 254 g/mol. The van der Waals surface area contributed by atoms with E-state index in [9.17, 15) is 9.90 Å². The molecule has 1 N–H and O–H groups in total. The number of aliphatic hydroxyl groups is 1. The van der Waals surface area contributed by atoms with Gasteiger partial charge in [-0.2, -0.15) is 0 Å². The summed E-state index contributed by atoms with van der Waals surface area (Å²) in [7, 11) is 1.95. The molecule has 0 aliphatic carbocycles. The largest absolute Gasteiger partial charge is 0.494 e. The third-order valence-electron chi connectivity index (χ3n) is 3.59.